The quantitative estimate of drug-likeness (QED) is 0.797. The average Bonchev–Trinajstić information content (AvgIpc) is 2.46. The third-order valence-corrected chi connectivity index (χ3v) is 4.20. The van der Waals surface area contributed by atoms with E-state index < -0.39 is 5.60 Å². The summed E-state index contributed by atoms with van der Waals surface area (Å²) in [5, 5.41) is 0. The molecule has 0 N–H and O–H groups in total. The van der Waals surface area contributed by atoms with Gasteiger partial charge >= 0.3 is 6.09 Å². The Kier molecular flexibility index (Phi) is 5.32. The van der Waals surface area contributed by atoms with Crippen LogP contribution in [0.4, 0.5) is 10.6 Å². The first kappa shape index (κ1) is 17.1. The van der Waals surface area contributed by atoms with E-state index in [2.05, 4.69) is 25.8 Å². The van der Waals surface area contributed by atoms with Gasteiger partial charge in [-0.3, -0.25) is 0 Å². The number of rotatable bonds is 2. The second-order valence-corrected chi connectivity index (χ2v) is 7.56. The second kappa shape index (κ2) is 6.86. The molecule has 0 atom stereocenters. The zero-order valence-corrected chi connectivity index (χ0v) is 15.3. The summed E-state index contributed by atoms with van der Waals surface area (Å²) in [6, 6.07) is 4.24. The molecule has 1 aromatic rings. The van der Waals surface area contributed by atoms with Crippen molar-refractivity contribution in [1.82, 2.24) is 9.88 Å². The number of amides is 1. The molecule has 0 aliphatic carbocycles. The van der Waals surface area contributed by atoms with Gasteiger partial charge < -0.3 is 14.5 Å². The molecule has 0 spiro atoms. The molecular weight excluding hydrogens is 346 g/mol. The standard InChI is InChI=1S/C16H24BrN3O2/c1-16(2,3)22-15(21)19(4)13-7-9-20(10-8-13)14-6-5-12(17)11-18-14/h5-6,11,13H,7-10H2,1-4H3. The number of halogens is 1. The van der Waals surface area contributed by atoms with Crippen molar-refractivity contribution in [2.24, 2.45) is 0 Å². The molecular formula is C16H24BrN3O2. The van der Waals surface area contributed by atoms with E-state index in [0.29, 0.717) is 0 Å². The van der Waals surface area contributed by atoms with Gasteiger partial charge in [0.1, 0.15) is 11.4 Å². The van der Waals surface area contributed by atoms with Gasteiger partial charge in [0.2, 0.25) is 0 Å². The summed E-state index contributed by atoms with van der Waals surface area (Å²) < 4.78 is 6.42. The van der Waals surface area contributed by atoms with Crippen molar-refractivity contribution in [2.45, 2.75) is 45.3 Å². The Morgan fingerprint density at radius 2 is 2.00 bits per heavy atom. The van der Waals surface area contributed by atoms with E-state index in [1.54, 1.807) is 4.90 Å². The van der Waals surface area contributed by atoms with Crippen LogP contribution in [0, 0.1) is 0 Å². The van der Waals surface area contributed by atoms with Gasteiger partial charge in [-0.1, -0.05) is 0 Å². The highest BCUT2D eigenvalue weighted by Gasteiger charge is 2.28. The molecule has 2 rings (SSSR count). The molecule has 1 aliphatic rings. The van der Waals surface area contributed by atoms with Crippen LogP contribution in [0.1, 0.15) is 33.6 Å². The topological polar surface area (TPSA) is 45.7 Å². The second-order valence-electron chi connectivity index (χ2n) is 6.64. The first-order valence-corrected chi connectivity index (χ1v) is 8.38. The maximum Gasteiger partial charge on any atom is 0.410 e. The number of piperidine rings is 1. The Hall–Kier alpha value is -1.30. The number of anilines is 1. The first-order chi connectivity index (χ1) is 10.3. The van der Waals surface area contributed by atoms with E-state index in [1.165, 1.54) is 0 Å². The zero-order valence-electron chi connectivity index (χ0n) is 13.7. The lowest BCUT2D eigenvalue weighted by molar-refractivity contribution is 0.0201. The van der Waals surface area contributed by atoms with E-state index in [4.69, 9.17) is 4.74 Å². The van der Waals surface area contributed by atoms with Crippen molar-refractivity contribution >= 4 is 27.8 Å². The molecule has 0 bridgehead atoms. The minimum absolute atomic E-state index is 0.224. The van der Waals surface area contributed by atoms with Crippen LogP contribution < -0.4 is 4.90 Å². The number of carbonyl (C=O) groups excluding carboxylic acids is 1. The van der Waals surface area contributed by atoms with Crippen LogP contribution in [0.3, 0.4) is 0 Å². The molecule has 0 aromatic carbocycles. The Labute approximate surface area is 140 Å². The van der Waals surface area contributed by atoms with E-state index in [1.807, 2.05) is 46.1 Å². The molecule has 0 radical (unpaired) electrons. The smallest absolute Gasteiger partial charge is 0.410 e. The number of ether oxygens (including phenoxy) is 1. The van der Waals surface area contributed by atoms with Gasteiger partial charge in [0.15, 0.2) is 0 Å². The molecule has 0 unspecified atom stereocenters. The molecule has 1 aromatic heterocycles. The fraction of sp³-hybridized carbons (Fsp3) is 0.625. The van der Waals surface area contributed by atoms with Crippen LogP contribution in [-0.2, 0) is 4.74 Å². The highest BCUT2D eigenvalue weighted by Crippen LogP contribution is 2.22. The van der Waals surface area contributed by atoms with Crippen LogP contribution in [0.25, 0.3) is 0 Å². The summed E-state index contributed by atoms with van der Waals surface area (Å²) in [5.41, 5.74) is -0.451. The third kappa shape index (κ3) is 4.60. The highest BCUT2D eigenvalue weighted by molar-refractivity contribution is 9.10. The molecule has 22 heavy (non-hydrogen) atoms. The van der Waals surface area contributed by atoms with Crippen LogP contribution in [0.2, 0.25) is 0 Å². The molecule has 0 saturated carbocycles. The number of aromatic nitrogens is 1. The fourth-order valence-corrected chi connectivity index (χ4v) is 2.75. The summed E-state index contributed by atoms with van der Waals surface area (Å²) >= 11 is 3.40. The molecule has 1 saturated heterocycles. The molecule has 6 heteroatoms. The van der Waals surface area contributed by atoms with Crippen molar-refractivity contribution in [3.63, 3.8) is 0 Å². The third-order valence-electron chi connectivity index (χ3n) is 3.73. The molecule has 1 aliphatic heterocycles. The minimum atomic E-state index is -0.451. The molecule has 1 amide bonds. The molecule has 1 fully saturated rings. The predicted octanol–water partition coefficient (Wildman–Crippen LogP) is 3.68. The Morgan fingerprint density at radius 1 is 1.36 bits per heavy atom. The average molecular weight is 370 g/mol. The van der Waals surface area contributed by atoms with E-state index in [0.717, 1.165) is 36.2 Å². The van der Waals surface area contributed by atoms with E-state index >= 15 is 0 Å². The van der Waals surface area contributed by atoms with Gasteiger partial charge in [-0.15, -0.1) is 0 Å². The Morgan fingerprint density at radius 3 is 2.50 bits per heavy atom. The van der Waals surface area contributed by atoms with Crippen molar-refractivity contribution in [3.8, 4) is 0 Å². The van der Waals surface area contributed by atoms with E-state index in [-0.39, 0.29) is 12.1 Å². The number of nitrogens with zero attached hydrogens (tertiary/aromatic N) is 3. The lowest BCUT2D eigenvalue weighted by Crippen LogP contribution is -2.47. The van der Waals surface area contributed by atoms with Gasteiger partial charge in [0, 0.05) is 36.8 Å². The maximum atomic E-state index is 12.1. The summed E-state index contributed by atoms with van der Waals surface area (Å²) in [5.74, 6) is 0.988. The van der Waals surface area contributed by atoms with Gasteiger partial charge in [-0.25, -0.2) is 9.78 Å². The number of carbonyl (C=O) groups is 1. The lowest BCUT2D eigenvalue weighted by atomic mass is 10.0. The van der Waals surface area contributed by atoms with Crippen molar-refractivity contribution in [2.75, 3.05) is 25.0 Å². The van der Waals surface area contributed by atoms with Gasteiger partial charge in [-0.05, 0) is 61.7 Å². The van der Waals surface area contributed by atoms with E-state index in [9.17, 15) is 4.79 Å². The fourth-order valence-electron chi connectivity index (χ4n) is 2.52. The van der Waals surface area contributed by atoms with Gasteiger partial charge in [0.25, 0.3) is 0 Å². The minimum Gasteiger partial charge on any atom is -0.444 e. The summed E-state index contributed by atoms with van der Waals surface area (Å²) in [6.45, 7) is 7.46. The van der Waals surface area contributed by atoms with Gasteiger partial charge in [-0.2, -0.15) is 0 Å². The normalized spacial score (nSPS) is 16.5. The Balaban J connectivity index is 1.88. The molecule has 122 valence electrons. The zero-order chi connectivity index (χ0) is 16.3. The first-order valence-electron chi connectivity index (χ1n) is 7.58. The van der Waals surface area contributed by atoms with Gasteiger partial charge in [0.05, 0.1) is 0 Å². The SMILES string of the molecule is CN(C(=O)OC(C)(C)C)C1CCN(c2ccc(Br)cn2)CC1. The Bertz CT molecular complexity index is 505. The highest BCUT2D eigenvalue weighted by atomic mass is 79.9. The summed E-state index contributed by atoms with van der Waals surface area (Å²) in [6.07, 6.45) is 3.42. The molecule has 2 heterocycles. The maximum absolute atomic E-state index is 12.1. The largest absolute Gasteiger partial charge is 0.444 e. The summed E-state index contributed by atoms with van der Waals surface area (Å²) in [4.78, 5) is 20.5. The monoisotopic (exact) mass is 369 g/mol. The predicted molar refractivity (Wildman–Crippen MR) is 91.2 cm³/mol. The van der Waals surface area contributed by atoms with Crippen molar-refractivity contribution in [1.29, 1.82) is 0 Å². The molecule has 5 nitrogen and oxygen atoms in total. The van der Waals surface area contributed by atoms with Crippen LogP contribution >= 0.6 is 15.9 Å². The number of hydrogen-bond acceptors (Lipinski definition) is 4. The van der Waals surface area contributed by atoms with Crippen LogP contribution in [0.15, 0.2) is 22.8 Å². The number of pyridine rings is 1. The summed E-state index contributed by atoms with van der Waals surface area (Å²) in [7, 11) is 1.83. The van der Waals surface area contributed by atoms with Crippen LogP contribution in [0.5, 0.6) is 0 Å². The van der Waals surface area contributed by atoms with Crippen LogP contribution in [-0.4, -0.2) is 47.8 Å². The number of hydrogen-bond donors (Lipinski definition) is 0. The lowest BCUT2D eigenvalue weighted by Gasteiger charge is -2.37. The van der Waals surface area contributed by atoms with Crippen molar-refractivity contribution < 1.29 is 9.53 Å². The van der Waals surface area contributed by atoms with Crippen molar-refractivity contribution in [3.05, 3.63) is 22.8 Å².